The van der Waals surface area contributed by atoms with Crippen molar-refractivity contribution < 1.29 is 23.7 Å². The molecule has 1 saturated heterocycles. The van der Waals surface area contributed by atoms with Crippen LogP contribution in [0.4, 0.5) is 0 Å². The standard InChI is InChI=1S/C16H21NO5/c1-19-13-10-12(11-14(20-2)16(13)21-3)4-5-15(18)17-6-8-22-9-7-17/h4-5,10-11H,6-9H2,1-3H3/b5-4+. The summed E-state index contributed by atoms with van der Waals surface area (Å²) in [4.78, 5) is 13.9. The lowest BCUT2D eigenvalue weighted by atomic mass is 10.1. The number of benzene rings is 1. The van der Waals surface area contributed by atoms with Gasteiger partial charge in [0.05, 0.1) is 34.5 Å². The van der Waals surface area contributed by atoms with Crippen LogP contribution in [0.1, 0.15) is 5.56 Å². The molecule has 0 aliphatic carbocycles. The summed E-state index contributed by atoms with van der Waals surface area (Å²) in [6.45, 7) is 2.42. The number of hydrogen-bond donors (Lipinski definition) is 0. The molecule has 1 aliphatic rings. The largest absolute Gasteiger partial charge is 0.493 e. The van der Waals surface area contributed by atoms with Gasteiger partial charge in [0.25, 0.3) is 0 Å². The van der Waals surface area contributed by atoms with Crippen LogP contribution >= 0.6 is 0 Å². The molecule has 0 N–H and O–H groups in total. The lowest BCUT2D eigenvalue weighted by Gasteiger charge is -2.25. The first-order chi connectivity index (χ1) is 10.7. The van der Waals surface area contributed by atoms with Crippen molar-refractivity contribution in [3.05, 3.63) is 23.8 Å². The molecule has 0 atom stereocenters. The summed E-state index contributed by atoms with van der Waals surface area (Å²) in [7, 11) is 4.67. The van der Waals surface area contributed by atoms with Crippen molar-refractivity contribution in [1.82, 2.24) is 4.90 Å². The Hall–Kier alpha value is -2.21. The van der Waals surface area contributed by atoms with Gasteiger partial charge in [-0.05, 0) is 23.8 Å². The fourth-order valence-corrected chi connectivity index (χ4v) is 2.25. The molecule has 0 radical (unpaired) electrons. The topological polar surface area (TPSA) is 57.2 Å². The Morgan fingerprint density at radius 1 is 1.09 bits per heavy atom. The van der Waals surface area contributed by atoms with Crippen molar-refractivity contribution >= 4 is 12.0 Å². The second kappa shape index (κ2) is 7.70. The molecular formula is C16H21NO5. The van der Waals surface area contributed by atoms with E-state index < -0.39 is 0 Å². The molecule has 1 fully saturated rings. The minimum atomic E-state index is -0.0305. The Kier molecular flexibility index (Phi) is 5.66. The number of hydrogen-bond acceptors (Lipinski definition) is 5. The number of carbonyl (C=O) groups is 1. The van der Waals surface area contributed by atoms with Gasteiger partial charge >= 0.3 is 0 Å². The highest BCUT2D eigenvalue weighted by molar-refractivity contribution is 5.92. The highest BCUT2D eigenvalue weighted by Gasteiger charge is 2.15. The van der Waals surface area contributed by atoms with Gasteiger partial charge in [-0.15, -0.1) is 0 Å². The maximum Gasteiger partial charge on any atom is 0.246 e. The molecule has 1 aliphatic heterocycles. The third kappa shape index (κ3) is 3.71. The quantitative estimate of drug-likeness (QED) is 0.773. The van der Waals surface area contributed by atoms with Crippen LogP contribution in [0.25, 0.3) is 6.08 Å². The number of morpholine rings is 1. The predicted molar refractivity (Wildman–Crippen MR) is 82.5 cm³/mol. The Bertz CT molecular complexity index is 524. The molecule has 0 spiro atoms. The van der Waals surface area contributed by atoms with Crippen LogP contribution in [0.15, 0.2) is 18.2 Å². The van der Waals surface area contributed by atoms with E-state index in [1.54, 1.807) is 50.5 Å². The molecule has 2 rings (SSSR count). The third-order valence-corrected chi connectivity index (χ3v) is 3.43. The molecule has 6 heteroatoms. The fraction of sp³-hybridized carbons (Fsp3) is 0.438. The molecule has 120 valence electrons. The number of amides is 1. The van der Waals surface area contributed by atoms with Crippen molar-refractivity contribution in [2.24, 2.45) is 0 Å². The van der Waals surface area contributed by atoms with Crippen molar-refractivity contribution in [2.75, 3.05) is 47.6 Å². The molecule has 1 aromatic carbocycles. The van der Waals surface area contributed by atoms with E-state index in [9.17, 15) is 4.79 Å². The monoisotopic (exact) mass is 307 g/mol. The second-order valence-corrected chi connectivity index (χ2v) is 4.73. The van der Waals surface area contributed by atoms with E-state index in [2.05, 4.69) is 0 Å². The van der Waals surface area contributed by atoms with E-state index in [1.807, 2.05) is 0 Å². The van der Waals surface area contributed by atoms with E-state index >= 15 is 0 Å². The minimum absolute atomic E-state index is 0.0305. The van der Waals surface area contributed by atoms with Crippen LogP contribution in [0.3, 0.4) is 0 Å². The zero-order valence-corrected chi connectivity index (χ0v) is 13.1. The second-order valence-electron chi connectivity index (χ2n) is 4.73. The molecular weight excluding hydrogens is 286 g/mol. The predicted octanol–water partition coefficient (Wildman–Crippen LogP) is 1.58. The summed E-state index contributed by atoms with van der Waals surface area (Å²) < 4.78 is 21.1. The summed E-state index contributed by atoms with van der Waals surface area (Å²) in [6.07, 6.45) is 3.29. The van der Waals surface area contributed by atoms with E-state index in [-0.39, 0.29) is 5.91 Å². The van der Waals surface area contributed by atoms with Gasteiger partial charge in [0.1, 0.15) is 0 Å². The van der Waals surface area contributed by atoms with Crippen molar-refractivity contribution in [1.29, 1.82) is 0 Å². The van der Waals surface area contributed by atoms with Gasteiger partial charge in [-0.3, -0.25) is 4.79 Å². The molecule has 6 nitrogen and oxygen atoms in total. The zero-order chi connectivity index (χ0) is 15.9. The maximum atomic E-state index is 12.1. The van der Waals surface area contributed by atoms with E-state index in [1.165, 1.54) is 0 Å². The number of ether oxygens (including phenoxy) is 4. The number of rotatable bonds is 5. The smallest absolute Gasteiger partial charge is 0.246 e. The first-order valence-corrected chi connectivity index (χ1v) is 7.04. The summed E-state index contributed by atoms with van der Waals surface area (Å²) in [5.74, 6) is 1.61. The normalized spacial score (nSPS) is 15.0. The highest BCUT2D eigenvalue weighted by Crippen LogP contribution is 2.38. The van der Waals surface area contributed by atoms with Crippen LogP contribution in [0.2, 0.25) is 0 Å². The Morgan fingerprint density at radius 3 is 2.18 bits per heavy atom. The molecule has 0 bridgehead atoms. The first kappa shape index (κ1) is 16.2. The van der Waals surface area contributed by atoms with Gasteiger partial charge < -0.3 is 23.8 Å². The van der Waals surface area contributed by atoms with Crippen LogP contribution in [-0.2, 0) is 9.53 Å². The highest BCUT2D eigenvalue weighted by atomic mass is 16.5. The summed E-state index contributed by atoms with van der Waals surface area (Å²) in [6, 6.07) is 3.59. The van der Waals surface area contributed by atoms with Gasteiger partial charge in [0.2, 0.25) is 11.7 Å². The lowest BCUT2D eigenvalue weighted by molar-refractivity contribution is -0.129. The molecule has 1 amide bonds. The molecule has 0 saturated carbocycles. The van der Waals surface area contributed by atoms with E-state index in [0.717, 1.165) is 5.56 Å². The lowest BCUT2D eigenvalue weighted by Crippen LogP contribution is -2.39. The van der Waals surface area contributed by atoms with E-state index in [4.69, 9.17) is 18.9 Å². The van der Waals surface area contributed by atoms with Gasteiger partial charge in [-0.2, -0.15) is 0 Å². The first-order valence-electron chi connectivity index (χ1n) is 7.04. The molecule has 1 heterocycles. The third-order valence-electron chi connectivity index (χ3n) is 3.43. The van der Waals surface area contributed by atoms with Crippen LogP contribution < -0.4 is 14.2 Å². The van der Waals surface area contributed by atoms with Crippen molar-refractivity contribution in [2.45, 2.75) is 0 Å². The Labute approximate surface area is 130 Å². The van der Waals surface area contributed by atoms with Crippen LogP contribution in [0, 0.1) is 0 Å². The average molecular weight is 307 g/mol. The maximum absolute atomic E-state index is 12.1. The number of methoxy groups -OCH3 is 3. The molecule has 22 heavy (non-hydrogen) atoms. The molecule has 0 aromatic heterocycles. The molecule has 0 unspecified atom stereocenters. The number of nitrogens with zero attached hydrogens (tertiary/aromatic N) is 1. The van der Waals surface area contributed by atoms with Crippen LogP contribution in [0.5, 0.6) is 17.2 Å². The zero-order valence-electron chi connectivity index (χ0n) is 13.1. The van der Waals surface area contributed by atoms with E-state index in [0.29, 0.717) is 43.6 Å². The van der Waals surface area contributed by atoms with Crippen LogP contribution in [-0.4, -0.2) is 58.4 Å². The summed E-state index contributed by atoms with van der Waals surface area (Å²) >= 11 is 0. The molecule has 1 aromatic rings. The SMILES string of the molecule is COc1cc(/C=C/C(=O)N2CCOCC2)cc(OC)c1OC. The van der Waals surface area contributed by atoms with Crippen molar-refractivity contribution in [3.8, 4) is 17.2 Å². The Morgan fingerprint density at radius 2 is 1.68 bits per heavy atom. The van der Waals surface area contributed by atoms with Gasteiger partial charge in [0.15, 0.2) is 11.5 Å². The summed E-state index contributed by atoms with van der Waals surface area (Å²) in [5, 5.41) is 0. The fourth-order valence-electron chi connectivity index (χ4n) is 2.25. The average Bonchev–Trinajstić information content (AvgIpc) is 2.59. The van der Waals surface area contributed by atoms with Gasteiger partial charge in [-0.25, -0.2) is 0 Å². The summed E-state index contributed by atoms with van der Waals surface area (Å²) in [5.41, 5.74) is 0.802. The van der Waals surface area contributed by atoms with Gasteiger partial charge in [0, 0.05) is 19.2 Å². The minimum Gasteiger partial charge on any atom is -0.493 e. The Balaban J connectivity index is 2.17. The number of carbonyl (C=O) groups excluding carboxylic acids is 1. The van der Waals surface area contributed by atoms with Gasteiger partial charge in [-0.1, -0.05) is 0 Å². The van der Waals surface area contributed by atoms with Crippen molar-refractivity contribution in [3.63, 3.8) is 0 Å².